The zero-order valence-electron chi connectivity index (χ0n) is 18.0. The summed E-state index contributed by atoms with van der Waals surface area (Å²) < 4.78 is 0. The van der Waals surface area contributed by atoms with Gasteiger partial charge in [-0.25, -0.2) is 11.7 Å². The summed E-state index contributed by atoms with van der Waals surface area (Å²) in [5.74, 6) is 18.7. The fraction of sp³-hybridized carbons (Fsp3) is 0.455. The van der Waals surface area contributed by atoms with Crippen molar-refractivity contribution in [3.8, 4) is 0 Å². The fourth-order valence-corrected chi connectivity index (χ4v) is 3.91. The quantitative estimate of drug-likeness (QED) is 0.120. The van der Waals surface area contributed by atoms with Crippen LogP contribution in [0.15, 0.2) is 60.0 Å². The average Bonchev–Trinajstić information content (AvgIpc) is 3.20. The van der Waals surface area contributed by atoms with E-state index in [-0.39, 0.29) is 6.04 Å². The van der Waals surface area contributed by atoms with Gasteiger partial charge in [0.25, 0.3) is 0 Å². The molecule has 9 heteroatoms. The first-order chi connectivity index (χ1) is 15.0. The van der Waals surface area contributed by atoms with Gasteiger partial charge in [-0.2, -0.15) is 5.01 Å². The highest BCUT2D eigenvalue weighted by atomic mass is 16.3. The molecule has 1 atom stereocenters. The van der Waals surface area contributed by atoms with E-state index in [1.54, 1.807) is 5.01 Å². The van der Waals surface area contributed by atoms with E-state index in [1.807, 2.05) is 48.6 Å². The molecule has 0 heterocycles. The molecule has 1 fully saturated rings. The van der Waals surface area contributed by atoms with Crippen LogP contribution in [0.2, 0.25) is 0 Å². The monoisotopic (exact) mass is 428 g/mol. The molecular weight excluding hydrogens is 392 g/mol. The maximum absolute atomic E-state index is 10.7. The lowest BCUT2D eigenvalue weighted by atomic mass is 10.1. The molecule has 31 heavy (non-hydrogen) atoms. The zero-order valence-corrected chi connectivity index (χ0v) is 18.0. The van der Waals surface area contributed by atoms with Gasteiger partial charge in [0.2, 0.25) is 6.35 Å². The third-order valence-corrected chi connectivity index (χ3v) is 5.87. The van der Waals surface area contributed by atoms with Crippen LogP contribution in [-0.2, 0) is 0 Å². The molecule has 10 N–H and O–H groups in total. The maximum atomic E-state index is 10.7. The van der Waals surface area contributed by atoms with Crippen molar-refractivity contribution < 1.29 is 5.11 Å². The summed E-state index contributed by atoms with van der Waals surface area (Å²) in [6.45, 7) is 0.419. The van der Waals surface area contributed by atoms with E-state index in [1.165, 1.54) is 22.9 Å². The third kappa shape index (κ3) is 6.46. The van der Waals surface area contributed by atoms with E-state index in [2.05, 4.69) is 5.32 Å². The van der Waals surface area contributed by atoms with Gasteiger partial charge in [-0.1, -0.05) is 37.8 Å². The lowest BCUT2D eigenvalue weighted by Gasteiger charge is -2.36. The van der Waals surface area contributed by atoms with Crippen molar-refractivity contribution in [1.82, 2.24) is 15.0 Å². The molecule has 2 aliphatic rings. The summed E-state index contributed by atoms with van der Waals surface area (Å²) in [4.78, 5) is 0. The Kier molecular flexibility index (Phi) is 8.33. The largest absolute Gasteiger partial charge is 0.399 e. The second kappa shape index (κ2) is 11.2. The van der Waals surface area contributed by atoms with E-state index in [9.17, 15) is 5.11 Å². The minimum atomic E-state index is -1.08. The number of nitrogens with two attached hydrogens (primary N) is 4. The van der Waals surface area contributed by atoms with Gasteiger partial charge >= 0.3 is 0 Å². The van der Waals surface area contributed by atoms with Crippen molar-refractivity contribution in [1.29, 1.82) is 0 Å². The molecule has 0 aliphatic heterocycles. The number of hydrogen-bond acceptors (Lipinski definition) is 9. The Morgan fingerprint density at radius 2 is 1.71 bits per heavy atom. The number of benzene rings is 1. The molecule has 9 nitrogen and oxygen atoms in total. The average molecular weight is 429 g/mol. The van der Waals surface area contributed by atoms with Crippen LogP contribution in [0.1, 0.15) is 44.9 Å². The van der Waals surface area contributed by atoms with E-state index >= 15 is 0 Å². The Bertz CT molecular complexity index is 783. The minimum absolute atomic E-state index is 0.135. The van der Waals surface area contributed by atoms with Crippen LogP contribution in [0.25, 0.3) is 0 Å². The first kappa shape index (κ1) is 23.1. The summed E-state index contributed by atoms with van der Waals surface area (Å²) in [7, 11) is 0. The first-order valence-electron chi connectivity index (χ1n) is 10.9. The molecule has 170 valence electrons. The summed E-state index contributed by atoms with van der Waals surface area (Å²) in [6.07, 6.45) is 13.7. The molecular formula is C22H36N8O. The molecule has 0 spiro atoms. The highest BCUT2D eigenvalue weighted by Gasteiger charge is 2.27. The molecule has 0 amide bonds. The summed E-state index contributed by atoms with van der Waals surface area (Å²) in [5.41, 5.74) is 8.95. The number of aliphatic hydroxyl groups is 1. The van der Waals surface area contributed by atoms with Crippen molar-refractivity contribution in [3.63, 3.8) is 0 Å². The number of nitrogens with zero attached hydrogens (tertiary/aromatic N) is 3. The number of nitrogen functional groups attached to an aromatic ring is 1. The standard InChI is InChI=1S/C22H36N8O/c23-17-10-12-18(13-11-17)27-16-28(24)19-8-5-9-21(15-14-19)30(26)22(31)29(25)20-6-3-1-2-4-7-20/h5,8-14,20,22,27,31H,1-4,6-7,15-16,23-26H2. The van der Waals surface area contributed by atoms with Gasteiger partial charge in [0.15, 0.2) is 0 Å². The lowest BCUT2D eigenvalue weighted by Crippen LogP contribution is -2.57. The van der Waals surface area contributed by atoms with Gasteiger partial charge in [0.05, 0.1) is 5.70 Å². The fourth-order valence-electron chi connectivity index (χ4n) is 3.91. The number of hydrazine groups is 3. The maximum Gasteiger partial charge on any atom is 0.212 e. The second-order valence-corrected chi connectivity index (χ2v) is 8.12. The first-order valence-corrected chi connectivity index (χ1v) is 10.9. The van der Waals surface area contributed by atoms with E-state index < -0.39 is 6.35 Å². The summed E-state index contributed by atoms with van der Waals surface area (Å²) in [5, 5.41) is 18.4. The van der Waals surface area contributed by atoms with Crippen LogP contribution in [0, 0.1) is 0 Å². The molecule has 1 aromatic carbocycles. The van der Waals surface area contributed by atoms with E-state index in [0.717, 1.165) is 42.8 Å². The number of anilines is 2. The van der Waals surface area contributed by atoms with E-state index in [4.69, 9.17) is 23.3 Å². The van der Waals surface area contributed by atoms with Gasteiger partial charge in [-0.3, -0.25) is 15.9 Å². The molecule has 1 saturated carbocycles. The zero-order chi connectivity index (χ0) is 22.2. The van der Waals surface area contributed by atoms with Crippen LogP contribution < -0.4 is 28.6 Å². The number of aliphatic hydroxyl groups excluding tert-OH is 1. The topological polar surface area (TPSA) is 146 Å². The van der Waals surface area contributed by atoms with Crippen LogP contribution in [0.4, 0.5) is 11.4 Å². The van der Waals surface area contributed by atoms with Gasteiger partial charge in [0.1, 0.15) is 6.67 Å². The number of rotatable bonds is 8. The summed E-state index contributed by atoms with van der Waals surface area (Å²) in [6, 6.07) is 7.61. The second-order valence-electron chi connectivity index (χ2n) is 8.12. The number of nitrogens with one attached hydrogen (secondary N) is 1. The summed E-state index contributed by atoms with van der Waals surface area (Å²) >= 11 is 0. The lowest BCUT2D eigenvalue weighted by molar-refractivity contribution is -0.121. The predicted molar refractivity (Wildman–Crippen MR) is 125 cm³/mol. The Morgan fingerprint density at radius 1 is 1.03 bits per heavy atom. The van der Waals surface area contributed by atoms with Crippen molar-refractivity contribution in [2.24, 2.45) is 17.5 Å². The SMILES string of the molecule is Nc1ccc(NCN(N)C2=CCC(N(N)C(O)N(N)C3CCCCCC3)=CC=C2)cc1. The van der Waals surface area contributed by atoms with Crippen molar-refractivity contribution >= 4 is 11.4 Å². The number of hydrogen-bond donors (Lipinski definition) is 6. The Morgan fingerprint density at radius 3 is 2.39 bits per heavy atom. The third-order valence-electron chi connectivity index (χ3n) is 5.87. The molecule has 2 aliphatic carbocycles. The number of allylic oxidation sites excluding steroid dienone is 4. The Labute approximate surface area is 184 Å². The normalized spacial score (nSPS) is 18.6. The highest BCUT2D eigenvalue weighted by Crippen LogP contribution is 2.23. The van der Waals surface area contributed by atoms with Gasteiger partial charge in [0, 0.05) is 29.5 Å². The van der Waals surface area contributed by atoms with Crippen LogP contribution >= 0.6 is 0 Å². The van der Waals surface area contributed by atoms with E-state index in [0.29, 0.717) is 18.8 Å². The minimum Gasteiger partial charge on any atom is -0.399 e. The Balaban J connectivity index is 1.55. The molecule has 0 radical (unpaired) electrons. The van der Waals surface area contributed by atoms with Crippen LogP contribution in [0.5, 0.6) is 0 Å². The van der Waals surface area contributed by atoms with Gasteiger partial charge in [-0.15, -0.1) is 0 Å². The predicted octanol–water partition coefficient (Wildman–Crippen LogP) is 1.89. The molecule has 1 aromatic rings. The molecule has 3 rings (SSSR count). The van der Waals surface area contributed by atoms with Gasteiger partial charge in [-0.05, 0) is 49.3 Å². The van der Waals surface area contributed by atoms with Crippen molar-refractivity contribution in [2.45, 2.75) is 57.3 Å². The smallest absolute Gasteiger partial charge is 0.212 e. The molecule has 0 bridgehead atoms. The van der Waals surface area contributed by atoms with Crippen molar-refractivity contribution in [2.75, 3.05) is 17.7 Å². The molecule has 1 unspecified atom stereocenters. The Hall–Kier alpha value is -2.56. The van der Waals surface area contributed by atoms with Crippen molar-refractivity contribution in [3.05, 3.63) is 60.0 Å². The molecule has 0 saturated heterocycles. The highest BCUT2D eigenvalue weighted by molar-refractivity contribution is 5.51. The van der Waals surface area contributed by atoms with Crippen LogP contribution in [-0.4, -0.2) is 39.2 Å². The van der Waals surface area contributed by atoms with Gasteiger partial charge < -0.3 is 16.2 Å². The van der Waals surface area contributed by atoms with Crippen LogP contribution in [0.3, 0.4) is 0 Å². The molecule has 0 aromatic heterocycles.